The van der Waals surface area contributed by atoms with Crippen LogP contribution in [-0.2, 0) is 17.9 Å². The van der Waals surface area contributed by atoms with Crippen molar-refractivity contribution in [3.8, 4) is 16.9 Å². The predicted molar refractivity (Wildman–Crippen MR) is 123 cm³/mol. The zero-order chi connectivity index (χ0) is 21.8. The molecule has 4 aromatic rings. The summed E-state index contributed by atoms with van der Waals surface area (Å²) in [5.74, 6) is 0.814. The van der Waals surface area contributed by atoms with Crippen LogP contribution in [0.3, 0.4) is 0 Å². The summed E-state index contributed by atoms with van der Waals surface area (Å²) in [6, 6.07) is 23.9. The first-order valence-corrected chi connectivity index (χ1v) is 11.0. The maximum Gasteiger partial charge on any atom is 0.237 e. The number of carbonyl (C=O) groups excluding carboxylic acids is 1. The van der Waals surface area contributed by atoms with Crippen molar-refractivity contribution < 1.29 is 9.21 Å². The average molecular weight is 427 g/mol. The Hall–Kier alpha value is -3.64. The number of likely N-dealkylation sites (tertiary alicyclic amines) is 1. The summed E-state index contributed by atoms with van der Waals surface area (Å²) in [6.07, 6.45) is 5.58. The molecule has 1 saturated heterocycles. The monoisotopic (exact) mass is 426 g/mol. The molecule has 1 aliphatic rings. The summed E-state index contributed by atoms with van der Waals surface area (Å²) in [5, 5.41) is 7.93. The van der Waals surface area contributed by atoms with Gasteiger partial charge in [0.05, 0.1) is 30.2 Å². The molecular weight excluding hydrogens is 400 g/mol. The van der Waals surface area contributed by atoms with E-state index in [1.807, 2.05) is 65.3 Å². The number of hydrogen-bond acceptors (Lipinski definition) is 4. The summed E-state index contributed by atoms with van der Waals surface area (Å²) in [4.78, 5) is 15.2. The molecule has 1 N–H and O–H groups in total. The molecule has 5 rings (SSSR count). The lowest BCUT2D eigenvalue weighted by Gasteiger charge is -2.23. The Labute approximate surface area is 187 Å². The molecule has 0 radical (unpaired) electrons. The van der Waals surface area contributed by atoms with E-state index in [0.717, 1.165) is 47.7 Å². The summed E-state index contributed by atoms with van der Waals surface area (Å²) < 4.78 is 7.27. The molecule has 6 nitrogen and oxygen atoms in total. The van der Waals surface area contributed by atoms with Crippen molar-refractivity contribution in [3.63, 3.8) is 0 Å². The molecule has 1 atom stereocenters. The number of hydrogen-bond donors (Lipinski definition) is 1. The van der Waals surface area contributed by atoms with Crippen LogP contribution in [0.1, 0.15) is 24.2 Å². The van der Waals surface area contributed by atoms with E-state index < -0.39 is 0 Å². The topological polar surface area (TPSA) is 63.3 Å². The Bertz CT molecular complexity index is 1150. The van der Waals surface area contributed by atoms with E-state index in [1.165, 1.54) is 0 Å². The molecule has 0 bridgehead atoms. The molecule has 1 amide bonds. The number of aromatic nitrogens is 2. The predicted octanol–water partition coefficient (Wildman–Crippen LogP) is 4.41. The molecule has 3 heterocycles. The van der Waals surface area contributed by atoms with Gasteiger partial charge in [0.25, 0.3) is 0 Å². The number of carbonyl (C=O) groups is 1. The number of rotatable bonds is 7. The third-order valence-corrected chi connectivity index (χ3v) is 5.91. The Morgan fingerprint density at radius 3 is 2.56 bits per heavy atom. The molecule has 2 aromatic heterocycles. The third-order valence-electron chi connectivity index (χ3n) is 5.91. The lowest BCUT2D eigenvalue weighted by molar-refractivity contribution is -0.125. The summed E-state index contributed by atoms with van der Waals surface area (Å²) in [6.45, 7) is 1.98. The minimum Gasteiger partial charge on any atom is -0.467 e. The molecular formula is C26H26N4O2. The van der Waals surface area contributed by atoms with Crippen LogP contribution in [0.5, 0.6) is 0 Å². The summed E-state index contributed by atoms with van der Waals surface area (Å²) in [5.41, 5.74) is 4.17. The van der Waals surface area contributed by atoms with Gasteiger partial charge in [0, 0.05) is 23.9 Å². The van der Waals surface area contributed by atoms with Crippen molar-refractivity contribution in [1.29, 1.82) is 0 Å². The molecule has 6 heteroatoms. The smallest absolute Gasteiger partial charge is 0.237 e. The highest BCUT2D eigenvalue weighted by Crippen LogP contribution is 2.28. The van der Waals surface area contributed by atoms with Crippen LogP contribution < -0.4 is 5.32 Å². The quantitative estimate of drug-likeness (QED) is 0.475. The molecule has 0 aliphatic carbocycles. The SMILES string of the molecule is O=C(NCc1ccco1)[C@@H]1CCCN1Cc1cn(-c2ccccc2)nc1-c1ccccc1. The molecule has 1 aliphatic heterocycles. The van der Waals surface area contributed by atoms with Crippen LogP contribution in [0.2, 0.25) is 0 Å². The summed E-state index contributed by atoms with van der Waals surface area (Å²) in [7, 11) is 0. The second-order valence-electron chi connectivity index (χ2n) is 8.07. The molecule has 1 fully saturated rings. The van der Waals surface area contributed by atoms with E-state index in [2.05, 4.69) is 28.5 Å². The Morgan fingerprint density at radius 2 is 1.81 bits per heavy atom. The fraction of sp³-hybridized carbons (Fsp3) is 0.231. The van der Waals surface area contributed by atoms with Crippen molar-refractivity contribution in [2.45, 2.75) is 32.0 Å². The Kier molecular flexibility index (Phi) is 5.85. The first kappa shape index (κ1) is 20.3. The van der Waals surface area contributed by atoms with Crippen molar-refractivity contribution in [3.05, 3.63) is 96.6 Å². The van der Waals surface area contributed by atoms with Crippen molar-refractivity contribution in [2.24, 2.45) is 0 Å². The highest BCUT2D eigenvalue weighted by Gasteiger charge is 2.31. The fourth-order valence-corrected chi connectivity index (χ4v) is 4.31. The number of nitrogens with one attached hydrogen (secondary N) is 1. The van der Waals surface area contributed by atoms with Crippen molar-refractivity contribution >= 4 is 5.91 Å². The standard InChI is InChI=1S/C26H26N4O2/c31-26(27-17-23-13-8-16-32-23)24-14-7-15-29(24)18-21-19-30(22-11-5-2-6-12-22)28-25(21)20-9-3-1-4-10-20/h1-6,8-13,16,19,24H,7,14-15,17-18H2,(H,27,31)/t24-/m0/s1. The largest absolute Gasteiger partial charge is 0.467 e. The van der Waals surface area contributed by atoms with Gasteiger partial charge in [-0.05, 0) is 43.7 Å². The number of amides is 1. The maximum absolute atomic E-state index is 12.9. The van der Waals surface area contributed by atoms with E-state index in [-0.39, 0.29) is 11.9 Å². The van der Waals surface area contributed by atoms with E-state index >= 15 is 0 Å². The van der Waals surface area contributed by atoms with Gasteiger partial charge in [-0.15, -0.1) is 0 Å². The van der Waals surface area contributed by atoms with E-state index in [4.69, 9.17) is 9.52 Å². The second kappa shape index (κ2) is 9.24. The fourth-order valence-electron chi connectivity index (χ4n) is 4.31. The third kappa shape index (κ3) is 4.36. The highest BCUT2D eigenvalue weighted by atomic mass is 16.3. The van der Waals surface area contributed by atoms with E-state index in [1.54, 1.807) is 6.26 Å². The lowest BCUT2D eigenvalue weighted by Crippen LogP contribution is -2.42. The van der Waals surface area contributed by atoms with Gasteiger partial charge < -0.3 is 9.73 Å². The number of para-hydroxylation sites is 1. The maximum atomic E-state index is 12.9. The Balaban J connectivity index is 1.38. The number of benzene rings is 2. The Morgan fingerprint density at radius 1 is 1.03 bits per heavy atom. The van der Waals surface area contributed by atoms with Crippen molar-refractivity contribution in [1.82, 2.24) is 20.0 Å². The first-order valence-electron chi connectivity index (χ1n) is 11.0. The van der Waals surface area contributed by atoms with Gasteiger partial charge in [0.15, 0.2) is 0 Å². The zero-order valence-corrected chi connectivity index (χ0v) is 17.9. The minimum atomic E-state index is -0.145. The molecule has 0 unspecified atom stereocenters. The van der Waals surface area contributed by atoms with E-state index in [0.29, 0.717) is 13.1 Å². The van der Waals surface area contributed by atoms with Gasteiger partial charge in [0.2, 0.25) is 5.91 Å². The molecule has 0 saturated carbocycles. The van der Waals surface area contributed by atoms with Crippen LogP contribution in [0.4, 0.5) is 0 Å². The van der Waals surface area contributed by atoms with Crippen LogP contribution in [0.15, 0.2) is 89.7 Å². The minimum absolute atomic E-state index is 0.0515. The van der Waals surface area contributed by atoms with Gasteiger partial charge in [-0.1, -0.05) is 48.5 Å². The van der Waals surface area contributed by atoms with Crippen LogP contribution in [-0.4, -0.2) is 33.2 Å². The highest BCUT2D eigenvalue weighted by molar-refractivity contribution is 5.82. The second-order valence-corrected chi connectivity index (χ2v) is 8.07. The molecule has 0 spiro atoms. The van der Waals surface area contributed by atoms with Crippen LogP contribution in [0, 0.1) is 0 Å². The van der Waals surface area contributed by atoms with Gasteiger partial charge in [0.1, 0.15) is 5.76 Å². The lowest BCUT2D eigenvalue weighted by atomic mass is 10.1. The molecule has 162 valence electrons. The molecule has 32 heavy (non-hydrogen) atoms. The van der Waals surface area contributed by atoms with E-state index in [9.17, 15) is 4.79 Å². The normalized spacial score (nSPS) is 16.3. The van der Waals surface area contributed by atoms with Gasteiger partial charge in [-0.25, -0.2) is 4.68 Å². The van der Waals surface area contributed by atoms with Crippen molar-refractivity contribution in [2.75, 3.05) is 6.54 Å². The van der Waals surface area contributed by atoms with Gasteiger partial charge >= 0.3 is 0 Å². The summed E-state index contributed by atoms with van der Waals surface area (Å²) >= 11 is 0. The van der Waals surface area contributed by atoms with Gasteiger partial charge in [-0.3, -0.25) is 9.69 Å². The average Bonchev–Trinajstić information content (AvgIpc) is 3.60. The van der Waals surface area contributed by atoms with Gasteiger partial charge in [-0.2, -0.15) is 5.10 Å². The number of nitrogens with zero attached hydrogens (tertiary/aromatic N) is 3. The molecule has 2 aromatic carbocycles. The number of furan rings is 1. The van der Waals surface area contributed by atoms with Crippen LogP contribution in [0.25, 0.3) is 16.9 Å². The first-order chi connectivity index (χ1) is 15.8. The zero-order valence-electron chi connectivity index (χ0n) is 17.9. The van der Waals surface area contributed by atoms with Crippen LogP contribution >= 0.6 is 0 Å².